The van der Waals surface area contributed by atoms with E-state index >= 15 is 0 Å². The van der Waals surface area contributed by atoms with Crippen molar-refractivity contribution in [2.75, 3.05) is 4.90 Å². The van der Waals surface area contributed by atoms with Crippen LogP contribution in [0.1, 0.15) is 51.0 Å². The van der Waals surface area contributed by atoms with Gasteiger partial charge in [-0.15, -0.1) is 10.2 Å². The Balaban J connectivity index is 1.87. The van der Waals surface area contributed by atoms with Crippen LogP contribution in [0.3, 0.4) is 0 Å². The number of hydrogen-bond acceptors (Lipinski definition) is 4. The molecule has 1 aromatic heterocycles. The second-order valence-corrected chi connectivity index (χ2v) is 7.16. The number of amides is 1. The summed E-state index contributed by atoms with van der Waals surface area (Å²) in [5.41, 5.74) is 2.29. The molecule has 1 aliphatic rings. The Bertz CT molecular complexity index is 659. The molecule has 0 aliphatic heterocycles. The van der Waals surface area contributed by atoms with Gasteiger partial charge in [0, 0.05) is 18.0 Å². The molecule has 0 N–H and O–H groups in total. The molecule has 1 aromatic carbocycles. The lowest BCUT2D eigenvalue weighted by molar-refractivity contribution is -0.119. The van der Waals surface area contributed by atoms with E-state index in [2.05, 4.69) is 41.4 Å². The predicted molar refractivity (Wildman–Crippen MR) is 94.7 cm³/mol. The van der Waals surface area contributed by atoms with E-state index in [4.69, 9.17) is 0 Å². The van der Waals surface area contributed by atoms with E-state index in [1.807, 2.05) is 11.8 Å². The van der Waals surface area contributed by atoms with Gasteiger partial charge in [-0.3, -0.25) is 9.69 Å². The second kappa shape index (κ2) is 7.21. The molecule has 1 fully saturated rings. The highest BCUT2D eigenvalue weighted by atomic mass is 32.1. The van der Waals surface area contributed by atoms with Crippen molar-refractivity contribution >= 4 is 22.4 Å². The van der Waals surface area contributed by atoms with Crippen molar-refractivity contribution in [3.8, 4) is 10.6 Å². The molecule has 23 heavy (non-hydrogen) atoms. The minimum atomic E-state index is 0.186. The topological polar surface area (TPSA) is 46.1 Å². The van der Waals surface area contributed by atoms with Gasteiger partial charge in [-0.25, -0.2) is 0 Å². The van der Waals surface area contributed by atoms with Gasteiger partial charge in [0.2, 0.25) is 11.0 Å². The van der Waals surface area contributed by atoms with Gasteiger partial charge in [0.15, 0.2) is 0 Å². The van der Waals surface area contributed by atoms with E-state index in [1.165, 1.54) is 29.7 Å². The number of hydrogen-bond donors (Lipinski definition) is 0. The lowest BCUT2D eigenvalue weighted by Gasteiger charge is -2.25. The average Bonchev–Trinajstić information content (AvgIpc) is 3.21. The molecule has 0 atom stereocenters. The normalized spacial score (nSPS) is 15.0. The van der Waals surface area contributed by atoms with Crippen LogP contribution in [-0.4, -0.2) is 22.1 Å². The highest BCUT2D eigenvalue weighted by Gasteiger charge is 2.30. The van der Waals surface area contributed by atoms with Crippen molar-refractivity contribution < 1.29 is 4.79 Å². The summed E-state index contributed by atoms with van der Waals surface area (Å²) in [6, 6.07) is 8.58. The molecular weight excluding hydrogens is 306 g/mol. The van der Waals surface area contributed by atoms with Crippen molar-refractivity contribution in [3.63, 3.8) is 0 Å². The summed E-state index contributed by atoms with van der Waals surface area (Å²) in [5, 5.41) is 10.3. The molecule has 0 spiro atoms. The molecule has 4 nitrogen and oxygen atoms in total. The third kappa shape index (κ3) is 3.61. The van der Waals surface area contributed by atoms with E-state index in [0.29, 0.717) is 12.5 Å². The highest BCUT2D eigenvalue weighted by Crippen LogP contribution is 2.34. The Morgan fingerprint density at radius 3 is 2.57 bits per heavy atom. The molecular formula is C18H23N3OS. The first-order valence-corrected chi connectivity index (χ1v) is 9.23. The molecule has 0 bridgehead atoms. The summed E-state index contributed by atoms with van der Waals surface area (Å²) in [4.78, 5) is 14.5. The van der Waals surface area contributed by atoms with Crippen LogP contribution in [0.5, 0.6) is 0 Å². The van der Waals surface area contributed by atoms with E-state index in [-0.39, 0.29) is 5.91 Å². The fourth-order valence-electron chi connectivity index (χ4n) is 3.09. The molecule has 3 rings (SSSR count). The molecule has 5 heteroatoms. The number of benzene rings is 1. The Kier molecular flexibility index (Phi) is 5.06. The van der Waals surface area contributed by atoms with Crippen LogP contribution in [0, 0.1) is 6.92 Å². The first kappa shape index (κ1) is 16.1. The smallest absolute Gasteiger partial charge is 0.229 e. The Morgan fingerprint density at radius 1 is 1.22 bits per heavy atom. The largest absolute Gasteiger partial charge is 0.284 e. The van der Waals surface area contributed by atoms with Crippen molar-refractivity contribution in [1.29, 1.82) is 0 Å². The van der Waals surface area contributed by atoms with Gasteiger partial charge in [-0.2, -0.15) is 0 Å². The van der Waals surface area contributed by atoms with Gasteiger partial charge < -0.3 is 0 Å². The van der Waals surface area contributed by atoms with E-state index in [9.17, 15) is 4.79 Å². The minimum absolute atomic E-state index is 0.186. The zero-order valence-electron chi connectivity index (χ0n) is 13.8. The van der Waals surface area contributed by atoms with Crippen molar-refractivity contribution in [2.24, 2.45) is 0 Å². The van der Waals surface area contributed by atoms with Crippen LogP contribution < -0.4 is 4.90 Å². The first-order valence-electron chi connectivity index (χ1n) is 8.41. The first-order chi connectivity index (χ1) is 11.2. The Labute approximate surface area is 141 Å². The maximum atomic E-state index is 12.6. The van der Waals surface area contributed by atoms with Crippen LogP contribution in [-0.2, 0) is 4.79 Å². The minimum Gasteiger partial charge on any atom is -0.284 e. The summed E-state index contributed by atoms with van der Waals surface area (Å²) in [6.07, 6.45) is 6.00. The third-order valence-electron chi connectivity index (χ3n) is 4.34. The summed E-state index contributed by atoms with van der Waals surface area (Å²) in [5.74, 6) is 0.186. The second-order valence-electron chi connectivity index (χ2n) is 6.21. The van der Waals surface area contributed by atoms with Crippen molar-refractivity contribution in [1.82, 2.24) is 10.2 Å². The van der Waals surface area contributed by atoms with Crippen LogP contribution in [0.25, 0.3) is 10.6 Å². The molecule has 2 aromatic rings. The molecule has 0 saturated heterocycles. The van der Waals surface area contributed by atoms with Crippen LogP contribution in [0.2, 0.25) is 0 Å². The van der Waals surface area contributed by atoms with Gasteiger partial charge in [-0.05, 0) is 26.2 Å². The van der Waals surface area contributed by atoms with Crippen molar-refractivity contribution in [3.05, 3.63) is 29.8 Å². The maximum Gasteiger partial charge on any atom is 0.229 e. The highest BCUT2D eigenvalue weighted by molar-refractivity contribution is 7.18. The van der Waals surface area contributed by atoms with E-state index in [0.717, 1.165) is 35.0 Å². The van der Waals surface area contributed by atoms with E-state index < -0.39 is 0 Å². The lowest BCUT2D eigenvalue weighted by Crippen LogP contribution is -2.38. The van der Waals surface area contributed by atoms with Crippen LogP contribution >= 0.6 is 11.3 Å². The number of carbonyl (C=O) groups excluding carboxylic acids is 1. The average molecular weight is 329 g/mol. The number of rotatable bonds is 5. The summed E-state index contributed by atoms with van der Waals surface area (Å²) >= 11 is 1.52. The molecule has 0 radical (unpaired) electrons. The molecule has 0 unspecified atom stereocenters. The van der Waals surface area contributed by atoms with Gasteiger partial charge in [0.1, 0.15) is 5.01 Å². The predicted octanol–water partition coefficient (Wildman–Crippen LogP) is 4.59. The molecule has 122 valence electrons. The zero-order chi connectivity index (χ0) is 16.2. The number of anilines is 1. The molecule has 1 aliphatic carbocycles. The molecule has 1 saturated carbocycles. The quantitative estimate of drug-likeness (QED) is 0.806. The fraction of sp³-hybridized carbons (Fsp3) is 0.500. The fourth-order valence-corrected chi connectivity index (χ4v) is 4.03. The lowest BCUT2D eigenvalue weighted by atomic mass is 10.2. The maximum absolute atomic E-state index is 12.6. The number of aryl methyl sites for hydroxylation is 1. The summed E-state index contributed by atoms with van der Waals surface area (Å²) < 4.78 is 0. The van der Waals surface area contributed by atoms with E-state index in [1.54, 1.807) is 0 Å². The summed E-state index contributed by atoms with van der Waals surface area (Å²) in [7, 11) is 0. The van der Waals surface area contributed by atoms with Gasteiger partial charge >= 0.3 is 0 Å². The number of aromatic nitrogens is 2. The molecule has 1 heterocycles. The SMILES string of the molecule is CCCC(=O)N(c1nnc(-c2ccc(C)cc2)s1)C1CCCC1. The van der Waals surface area contributed by atoms with Gasteiger partial charge in [0.25, 0.3) is 0 Å². The Morgan fingerprint density at radius 2 is 1.91 bits per heavy atom. The van der Waals surface area contributed by atoms with Gasteiger partial charge in [0.05, 0.1) is 0 Å². The molecule has 1 amide bonds. The van der Waals surface area contributed by atoms with Crippen LogP contribution in [0.15, 0.2) is 24.3 Å². The monoisotopic (exact) mass is 329 g/mol. The summed E-state index contributed by atoms with van der Waals surface area (Å²) in [6.45, 7) is 4.11. The number of carbonyl (C=O) groups is 1. The third-order valence-corrected chi connectivity index (χ3v) is 5.31. The number of nitrogens with zero attached hydrogens (tertiary/aromatic N) is 3. The van der Waals surface area contributed by atoms with Gasteiger partial charge in [-0.1, -0.05) is 60.9 Å². The zero-order valence-corrected chi connectivity index (χ0v) is 14.6. The Hall–Kier alpha value is -1.75. The van der Waals surface area contributed by atoms with Crippen LogP contribution in [0.4, 0.5) is 5.13 Å². The van der Waals surface area contributed by atoms with Crippen molar-refractivity contribution in [2.45, 2.75) is 58.4 Å². The standard InChI is InChI=1S/C18H23N3OS/c1-3-6-16(22)21(15-7-4-5-8-15)18-20-19-17(23-18)14-11-9-13(2)10-12-14/h9-12,15H,3-8H2,1-2H3.